The molecule has 1 saturated heterocycles. The predicted octanol–water partition coefficient (Wildman–Crippen LogP) is 1.66. The van der Waals surface area contributed by atoms with Gasteiger partial charge in [0.2, 0.25) is 11.8 Å². The zero-order valence-corrected chi connectivity index (χ0v) is 11.8. The summed E-state index contributed by atoms with van der Waals surface area (Å²) in [5.74, 6) is -0.0402. The Kier molecular flexibility index (Phi) is 5.09. The number of likely N-dealkylation sites (tertiary alicyclic amines) is 1. The van der Waals surface area contributed by atoms with Crippen LogP contribution in [0.2, 0.25) is 0 Å². The minimum Gasteiger partial charge on any atom is -0.346 e. The molecule has 0 saturated carbocycles. The Bertz CT molecular complexity index is 461. The number of nitrogens with one attached hydrogen (secondary N) is 1. The topological polar surface area (TPSA) is 62.3 Å². The molecule has 5 heteroatoms. The first-order chi connectivity index (χ1) is 9.66. The molecular weight excluding hydrogens is 254 g/mol. The van der Waals surface area contributed by atoms with E-state index in [1.165, 1.54) is 0 Å². The molecule has 1 aromatic heterocycles. The summed E-state index contributed by atoms with van der Waals surface area (Å²) in [6.45, 7) is 2.73. The average Bonchev–Trinajstić information content (AvgIpc) is 2.65. The lowest BCUT2D eigenvalue weighted by molar-refractivity contribution is -0.135. The number of carbonyl (C=O) groups is 2. The highest BCUT2D eigenvalue weighted by atomic mass is 16.2. The minimum atomic E-state index is -0.147. The van der Waals surface area contributed by atoms with Crippen LogP contribution in [0.25, 0.3) is 0 Å². The van der Waals surface area contributed by atoms with Crippen molar-refractivity contribution in [2.24, 2.45) is 0 Å². The van der Waals surface area contributed by atoms with Crippen LogP contribution in [-0.2, 0) is 9.59 Å². The fourth-order valence-electron chi connectivity index (χ4n) is 2.37. The highest BCUT2D eigenvalue weighted by Crippen LogP contribution is 2.11. The van der Waals surface area contributed by atoms with Crippen LogP contribution in [0, 0.1) is 0 Å². The molecule has 0 spiro atoms. The lowest BCUT2D eigenvalue weighted by Gasteiger charge is -2.21. The van der Waals surface area contributed by atoms with Crippen LogP contribution >= 0.6 is 0 Å². The second kappa shape index (κ2) is 7.03. The van der Waals surface area contributed by atoms with E-state index in [2.05, 4.69) is 10.3 Å². The van der Waals surface area contributed by atoms with Crippen molar-refractivity contribution in [1.29, 1.82) is 0 Å². The molecule has 2 rings (SSSR count). The van der Waals surface area contributed by atoms with Crippen LogP contribution in [0.4, 0.5) is 0 Å². The second-order valence-electron chi connectivity index (χ2n) is 5.17. The number of amides is 2. The van der Waals surface area contributed by atoms with Crippen LogP contribution < -0.4 is 5.32 Å². The van der Waals surface area contributed by atoms with Crippen LogP contribution in [-0.4, -0.2) is 34.8 Å². The molecule has 1 unspecified atom stereocenters. The SMILES string of the molecule is CC(NC(=O)CN1CCCCCC1=O)c1ccccn1. The van der Waals surface area contributed by atoms with Gasteiger partial charge < -0.3 is 10.2 Å². The van der Waals surface area contributed by atoms with E-state index >= 15 is 0 Å². The number of aromatic nitrogens is 1. The van der Waals surface area contributed by atoms with Crippen molar-refractivity contribution in [2.45, 2.75) is 38.6 Å². The van der Waals surface area contributed by atoms with Gasteiger partial charge in [-0.3, -0.25) is 14.6 Å². The number of hydrogen-bond donors (Lipinski definition) is 1. The van der Waals surface area contributed by atoms with Crippen molar-refractivity contribution in [3.63, 3.8) is 0 Å². The van der Waals surface area contributed by atoms with Gasteiger partial charge in [-0.1, -0.05) is 12.5 Å². The number of pyridine rings is 1. The highest BCUT2D eigenvalue weighted by molar-refractivity contribution is 5.85. The zero-order valence-electron chi connectivity index (χ0n) is 11.8. The van der Waals surface area contributed by atoms with Gasteiger partial charge in [-0.25, -0.2) is 0 Å². The van der Waals surface area contributed by atoms with Crippen molar-refractivity contribution in [3.8, 4) is 0 Å². The Hall–Kier alpha value is -1.91. The van der Waals surface area contributed by atoms with Crippen LogP contribution in [0.5, 0.6) is 0 Å². The third kappa shape index (κ3) is 4.05. The standard InChI is InChI=1S/C15H21N3O2/c1-12(13-7-4-5-9-16-13)17-14(19)11-18-10-6-2-3-8-15(18)20/h4-5,7,9,12H,2-3,6,8,10-11H2,1H3,(H,17,19). The maximum atomic E-state index is 12.0. The molecule has 1 fully saturated rings. The number of nitrogens with zero attached hydrogens (tertiary/aromatic N) is 2. The predicted molar refractivity (Wildman–Crippen MR) is 75.8 cm³/mol. The molecule has 1 aliphatic rings. The summed E-state index contributed by atoms with van der Waals surface area (Å²) in [4.78, 5) is 29.7. The van der Waals surface area contributed by atoms with Crippen molar-refractivity contribution in [2.75, 3.05) is 13.1 Å². The first kappa shape index (κ1) is 14.5. The Morgan fingerprint density at radius 2 is 2.25 bits per heavy atom. The number of carbonyl (C=O) groups excluding carboxylic acids is 2. The van der Waals surface area contributed by atoms with Crippen LogP contribution in [0.1, 0.15) is 44.3 Å². The normalized spacial score (nSPS) is 17.4. The third-order valence-electron chi connectivity index (χ3n) is 3.51. The molecule has 2 heterocycles. The molecule has 2 amide bonds. The molecule has 0 bridgehead atoms. The fourth-order valence-corrected chi connectivity index (χ4v) is 2.37. The lowest BCUT2D eigenvalue weighted by atomic mass is 10.2. The molecule has 1 N–H and O–H groups in total. The largest absolute Gasteiger partial charge is 0.346 e. The zero-order chi connectivity index (χ0) is 14.4. The molecule has 0 aliphatic carbocycles. The van der Waals surface area contributed by atoms with Crippen LogP contribution in [0.15, 0.2) is 24.4 Å². The van der Waals surface area contributed by atoms with Crippen molar-refractivity contribution in [3.05, 3.63) is 30.1 Å². The minimum absolute atomic E-state index is 0.0862. The van der Waals surface area contributed by atoms with E-state index in [4.69, 9.17) is 0 Å². The highest BCUT2D eigenvalue weighted by Gasteiger charge is 2.20. The van der Waals surface area contributed by atoms with E-state index in [0.717, 1.165) is 25.0 Å². The monoisotopic (exact) mass is 275 g/mol. The van der Waals surface area contributed by atoms with Gasteiger partial charge in [0, 0.05) is 19.2 Å². The first-order valence-electron chi connectivity index (χ1n) is 7.15. The molecule has 1 aromatic rings. The maximum Gasteiger partial charge on any atom is 0.240 e. The molecule has 5 nitrogen and oxygen atoms in total. The molecule has 108 valence electrons. The summed E-state index contributed by atoms with van der Waals surface area (Å²) >= 11 is 0. The van der Waals surface area contributed by atoms with Gasteiger partial charge >= 0.3 is 0 Å². The molecule has 1 atom stereocenters. The molecule has 0 radical (unpaired) electrons. The van der Waals surface area contributed by atoms with Gasteiger partial charge in [-0.15, -0.1) is 0 Å². The van der Waals surface area contributed by atoms with Crippen molar-refractivity contribution < 1.29 is 9.59 Å². The lowest BCUT2D eigenvalue weighted by Crippen LogP contribution is -2.41. The maximum absolute atomic E-state index is 12.0. The molecule has 0 aromatic carbocycles. The summed E-state index contributed by atoms with van der Waals surface area (Å²) in [5, 5.41) is 2.89. The van der Waals surface area contributed by atoms with Gasteiger partial charge in [0.25, 0.3) is 0 Å². The van der Waals surface area contributed by atoms with Gasteiger partial charge in [0.1, 0.15) is 0 Å². The average molecular weight is 275 g/mol. The van der Waals surface area contributed by atoms with Gasteiger partial charge in [0.05, 0.1) is 18.3 Å². The Morgan fingerprint density at radius 3 is 3.00 bits per heavy atom. The summed E-state index contributed by atoms with van der Waals surface area (Å²) in [6, 6.07) is 5.46. The fraction of sp³-hybridized carbons (Fsp3) is 0.533. The summed E-state index contributed by atoms with van der Waals surface area (Å²) in [7, 11) is 0. The van der Waals surface area contributed by atoms with Crippen molar-refractivity contribution in [1.82, 2.24) is 15.2 Å². The summed E-state index contributed by atoms with van der Waals surface area (Å²) in [6.07, 6.45) is 5.24. The summed E-state index contributed by atoms with van der Waals surface area (Å²) in [5.41, 5.74) is 0.822. The molecular formula is C15H21N3O2. The van der Waals surface area contributed by atoms with E-state index in [-0.39, 0.29) is 24.4 Å². The van der Waals surface area contributed by atoms with Crippen molar-refractivity contribution >= 4 is 11.8 Å². The van der Waals surface area contributed by atoms with Gasteiger partial charge in [0.15, 0.2) is 0 Å². The van der Waals surface area contributed by atoms with Crippen LogP contribution in [0.3, 0.4) is 0 Å². The van der Waals surface area contributed by atoms with E-state index in [1.807, 2.05) is 25.1 Å². The molecule has 20 heavy (non-hydrogen) atoms. The Labute approximate surface area is 119 Å². The van der Waals surface area contributed by atoms with E-state index < -0.39 is 0 Å². The third-order valence-corrected chi connectivity index (χ3v) is 3.51. The first-order valence-corrected chi connectivity index (χ1v) is 7.15. The van der Waals surface area contributed by atoms with E-state index in [9.17, 15) is 9.59 Å². The van der Waals surface area contributed by atoms with E-state index in [0.29, 0.717) is 13.0 Å². The van der Waals surface area contributed by atoms with Gasteiger partial charge in [-0.05, 0) is 31.9 Å². The van der Waals surface area contributed by atoms with E-state index in [1.54, 1.807) is 11.1 Å². The quantitative estimate of drug-likeness (QED) is 0.909. The number of hydrogen-bond acceptors (Lipinski definition) is 3. The summed E-state index contributed by atoms with van der Waals surface area (Å²) < 4.78 is 0. The smallest absolute Gasteiger partial charge is 0.240 e. The molecule has 1 aliphatic heterocycles. The van der Waals surface area contributed by atoms with Gasteiger partial charge in [-0.2, -0.15) is 0 Å². The number of rotatable bonds is 4. The Morgan fingerprint density at radius 1 is 1.40 bits per heavy atom. The Balaban J connectivity index is 1.87. The second-order valence-corrected chi connectivity index (χ2v) is 5.17.